The summed E-state index contributed by atoms with van der Waals surface area (Å²) >= 11 is 12.2. The molecule has 1 aromatic carbocycles. The first-order valence-electron chi connectivity index (χ1n) is 9.39. The second-order valence-corrected chi connectivity index (χ2v) is 7.79. The molecule has 0 spiro atoms. The van der Waals surface area contributed by atoms with Gasteiger partial charge in [0.1, 0.15) is 11.5 Å². The Bertz CT molecular complexity index is 1060. The van der Waals surface area contributed by atoms with Crippen molar-refractivity contribution in [2.45, 2.75) is 13.0 Å². The van der Waals surface area contributed by atoms with Crippen molar-refractivity contribution in [1.82, 2.24) is 15.3 Å². The highest BCUT2D eigenvalue weighted by molar-refractivity contribution is 6.42. The van der Waals surface area contributed by atoms with E-state index >= 15 is 0 Å². The molecule has 1 N–H and O–H groups in total. The summed E-state index contributed by atoms with van der Waals surface area (Å²) in [6, 6.07) is 14.9. The largest absolute Gasteiger partial charge is 0.353 e. The van der Waals surface area contributed by atoms with Gasteiger partial charge in [0.2, 0.25) is 5.78 Å². The number of ketones is 1. The molecule has 5 nitrogen and oxygen atoms in total. The summed E-state index contributed by atoms with van der Waals surface area (Å²) in [7, 11) is 0. The van der Waals surface area contributed by atoms with Crippen LogP contribution in [0.2, 0.25) is 10.0 Å². The predicted octanol–water partition coefficient (Wildman–Crippen LogP) is 4.72. The van der Waals surface area contributed by atoms with Gasteiger partial charge in [-0.3, -0.25) is 9.78 Å². The van der Waals surface area contributed by atoms with E-state index in [0.717, 1.165) is 24.5 Å². The summed E-state index contributed by atoms with van der Waals surface area (Å²) < 4.78 is 0. The van der Waals surface area contributed by atoms with Crippen molar-refractivity contribution in [3.8, 4) is 0 Å². The summed E-state index contributed by atoms with van der Waals surface area (Å²) in [5, 5.41) is 4.59. The number of piperazine rings is 1. The van der Waals surface area contributed by atoms with Crippen molar-refractivity contribution in [2.24, 2.45) is 0 Å². The number of halogens is 2. The Morgan fingerprint density at radius 1 is 1.17 bits per heavy atom. The molecule has 1 saturated heterocycles. The average Bonchev–Trinajstić information content (AvgIpc) is 2.76. The van der Waals surface area contributed by atoms with Crippen LogP contribution in [0.5, 0.6) is 0 Å². The second-order valence-electron chi connectivity index (χ2n) is 6.97. The van der Waals surface area contributed by atoms with E-state index in [-0.39, 0.29) is 13.3 Å². The Morgan fingerprint density at radius 2 is 2.03 bits per heavy atom. The predicted molar refractivity (Wildman–Crippen MR) is 118 cm³/mol. The number of aromatic nitrogens is 2. The molecule has 2 aromatic heterocycles. The smallest absolute Gasteiger partial charge is 0.213 e. The number of hydrogen-bond acceptors (Lipinski definition) is 5. The summed E-state index contributed by atoms with van der Waals surface area (Å²) in [4.78, 5) is 23.9. The van der Waals surface area contributed by atoms with E-state index in [9.17, 15) is 4.79 Å². The number of pyridine rings is 2. The van der Waals surface area contributed by atoms with Crippen LogP contribution in [0, 0.1) is 6.92 Å². The lowest BCUT2D eigenvalue weighted by molar-refractivity contribution is 0.103. The summed E-state index contributed by atoms with van der Waals surface area (Å²) in [6.45, 7) is 4.14. The molecular formula is C22H22Cl2N4O. The van der Waals surface area contributed by atoms with Crippen molar-refractivity contribution < 1.29 is 6.22 Å². The maximum absolute atomic E-state index is 12.9. The molecule has 7 heteroatoms. The SMILES string of the molecule is Cc1ncccc1C(=O)c1cccc(N2CCNC(c3ccc(Cl)c(Cl)c3)C2)n1.[HH]. The maximum atomic E-state index is 12.9. The van der Waals surface area contributed by atoms with Crippen LogP contribution >= 0.6 is 23.2 Å². The molecule has 1 atom stereocenters. The monoisotopic (exact) mass is 428 g/mol. The van der Waals surface area contributed by atoms with Gasteiger partial charge in [-0.25, -0.2) is 4.98 Å². The summed E-state index contributed by atoms with van der Waals surface area (Å²) in [5.41, 5.74) is 2.77. The molecule has 1 fully saturated rings. The number of rotatable bonds is 4. The zero-order valence-corrected chi connectivity index (χ0v) is 17.4. The minimum atomic E-state index is -0.117. The quantitative estimate of drug-likeness (QED) is 0.609. The van der Waals surface area contributed by atoms with Gasteiger partial charge in [0, 0.05) is 44.6 Å². The molecule has 0 saturated carbocycles. The first kappa shape index (κ1) is 19.8. The first-order chi connectivity index (χ1) is 14.0. The Labute approximate surface area is 181 Å². The van der Waals surface area contributed by atoms with Crippen LogP contribution in [0.1, 0.15) is 34.8 Å². The van der Waals surface area contributed by atoms with Crippen LogP contribution in [-0.4, -0.2) is 35.4 Å². The number of carbonyl (C=O) groups excluding carboxylic acids is 1. The van der Waals surface area contributed by atoms with E-state index in [0.29, 0.717) is 33.5 Å². The Kier molecular flexibility index (Phi) is 5.81. The standard InChI is InChI=1S/C22H20Cl2N4O.H2/c1-14-16(4-3-9-25-14)22(29)19-5-2-6-21(27-19)28-11-10-26-20(13-28)15-7-8-17(23)18(24)12-15;/h2-9,12,20,26H,10-11,13H2,1H3;1H. The van der Waals surface area contributed by atoms with Gasteiger partial charge in [0.15, 0.2) is 0 Å². The number of aryl methyl sites for hydroxylation is 1. The fourth-order valence-electron chi connectivity index (χ4n) is 3.50. The third kappa shape index (κ3) is 4.27. The summed E-state index contributed by atoms with van der Waals surface area (Å²) in [5.74, 6) is 0.664. The van der Waals surface area contributed by atoms with Gasteiger partial charge in [-0.05, 0) is 48.9 Å². The molecule has 0 amide bonds. The Balaban J connectivity index is 0.00000256. The van der Waals surface area contributed by atoms with Crippen LogP contribution in [-0.2, 0) is 0 Å². The van der Waals surface area contributed by atoms with E-state index in [1.54, 1.807) is 24.4 Å². The number of anilines is 1. The third-order valence-corrected chi connectivity index (χ3v) is 5.80. The highest BCUT2D eigenvalue weighted by Gasteiger charge is 2.23. The first-order valence-corrected chi connectivity index (χ1v) is 10.1. The molecule has 3 heterocycles. The highest BCUT2D eigenvalue weighted by atomic mass is 35.5. The molecule has 29 heavy (non-hydrogen) atoms. The summed E-state index contributed by atoms with van der Waals surface area (Å²) in [6.07, 6.45) is 1.68. The van der Waals surface area contributed by atoms with Gasteiger partial charge < -0.3 is 10.2 Å². The zero-order chi connectivity index (χ0) is 20.4. The Hall–Kier alpha value is -2.47. The van der Waals surface area contributed by atoms with Crippen LogP contribution < -0.4 is 10.2 Å². The lowest BCUT2D eigenvalue weighted by atomic mass is 10.0. The molecule has 0 aliphatic carbocycles. The molecular weight excluding hydrogens is 407 g/mol. The van der Waals surface area contributed by atoms with Crippen molar-refractivity contribution in [3.05, 3.63) is 87.3 Å². The van der Waals surface area contributed by atoms with Crippen LogP contribution in [0.25, 0.3) is 0 Å². The van der Waals surface area contributed by atoms with E-state index in [2.05, 4.69) is 20.2 Å². The fraction of sp³-hybridized carbons (Fsp3) is 0.227. The minimum absolute atomic E-state index is 0. The van der Waals surface area contributed by atoms with Crippen molar-refractivity contribution in [2.75, 3.05) is 24.5 Å². The molecule has 1 unspecified atom stereocenters. The zero-order valence-electron chi connectivity index (χ0n) is 15.9. The Morgan fingerprint density at radius 3 is 2.83 bits per heavy atom. The van der Waals surface area contributed by atoms with E-state index in [1.807, 2.05) is 37.3 Å². The molecule has 150 valence electrons. The number of carbonyl (C=O) groups is 1. The van der Waals surface area contributed by atoms with Gasteiger partial charge >= 0.3 is 0 Å². The molecule has 1 aliphatic heterocycles. The topological polar surface area (TPSA) is 58.1 Å². The maximum Gasteiger partial charge on any atom is 0.213 e. The van der Waals surface area contributed by atoms with Gasteiger partial charge in [0.25, 0.3) is 0 Å². The van der Waals surface area contributed by atoms with E-state index in [4.69, 9.17) is 23.2 Å². The van der Waals surface area contributed by atoms with Gasteiger partial charge in [-0.2, -0.15) is 0 Å². The molecule has 4 rings (SSSR count). The molecule has 1 aliphatic rings. The van der Waals surface area contributed by atoms with Crippen LogP contribution in [0.15, 0.2) is 54.7 Å². The van der Waals surface area contributed by atoms with Crippen molar-refractivity contribution >= 4 is 34.8 Å². The third-order valence-electron chi connectivity index (χ3n) is 5.06. The van der Waals surface area contributed by atoms with Crippen molar-refractivity contribution in [1.29, 1.82) is 0 Å². The normalized spacial score (nSPS) is 16.7. The van der Waals surface area contributed by atoms with Gasteiger partial charge in [-0.15, -0.1) is 0 Å². The van der Waals surface area contributed by atoms with Gasteiger partial charge in [0.05, 0.1) is 10.0 Å². The lowest BCUT2D eigenvalue weighted by Crippen LogP contribution is -2.46. The van der Waals surface area contributed by atoms with E-state index < -0.39 is 0 Å². The van der Waals surface area contributed by atoms with E-state index in [1.165, 1.54) is 0 Å². The average molecular weight is 429 g/mol. The number of hydrogen-bond donors (Lipinski definition) is 1. The second kappa shape index (κ2) is 8.49. The van der Waals surface area contributed by atoms with Crippen LogP contribution in [0.3, 0.4) is 0 Å². The lowest BCUT2D eigenvalue weighted by Gasteiger charge is -2.35. The van der Waals surface area contributed by atoms with Gasteiger partial charge in [-0.1, -0.05) is 35.3 Å². The highest BCUT2D eigenvalue weighted by Crippen LogP contribution is 2.28. The molecule has 0 radical (unpaired) electrons. The minimum Gasteiger partial charge on any atom is -0.353 e. The number of nitrogens with one attached hydrogen (secondary N) is 1. The number of nitrogens with zero attached hydrogens (tertiary/aromatic N) is 3. The fourth-order valence-corrected chi connectivity index (χ4v) is 3.81. The number of benzene rings is 1. The van der Waals surface area contributed by atoms with Crippen LogP contribution in [0.4, 0.5) is 5.82 Å². The molecule has 3 aromatic rings. The van der Waals surface area contributed by atoms with Crippen molar-refractivity contribution in [3.63, 3.8) is 0 Å². The molecule has 0 bridgehead atoms.